The predicted octanol–water partition coefficient (Wildman–Crippen LogP) is 2.15. The fraction of sp³-hybridized carbons (Fsp3) is 0.867. The summed E-state index contributed by atoms with van der Waals surface area (Å²) in [6, 6.07) is 0. The van der Waals surface area contributed by atoms with Gasteiger partial charge in [0.2, 0.25) is 0 Å². The van der Waals surface area contributed by atoms with Crippen LogP contribution < -0.4 is 0 Å². The quantitative estimate of drug-likeness (QED) is 0.749. The zero-order valence-corrected chi connectivity index (χ0v) is 14.2. The lowest BCUT2D eigenvalue weighted by atomic mass is 9.85. The van der Waals surface area contributed by atoms with Gasteiger partial charge in [-0.3, -0.25) is 9.63 Å². The van der Waals surface area contributed by atoms with Crippen LogP contribution in [0.3, 0.4) is 0 Å². The smallest absolute Gasteiger partial charge is 0.410 e. The number of carbonyl (C=O) groups is 2. The molecule has 0 saturated carbocycles. The highest BCUT2D eigenvalue weighted by Gasteiger charge is 2.43. The Morgan fingerprint density at radius 1 is 1.24 bits per heavy atom. The van der Waals surface area contributed by atoms with Gasteiger partial charge in [-0.2, -0.15) is 0 Å². The molecule has 0 bridgehead atoms. The summed E-state index contributed by atoms with van der Waals surface area (Å²) in [6.45, 7) is 10.6. The van der Waals surface area contributed by atoms with Crippen molar-refractivity contribution < 1.29 is 19.2 Å². The molecule has 2 amide bonds. The minimum Gasteiger partial charge on any atom is -0.444 e. The zero-order valence-electron chi connectivity index (χ0n) is 14.2. The van der Waals surface area contributed by atoms with E-state index in [0.29, 0.717) is 19.0 Å². The van der Waals surface area contributed by atoms with Crippen molar-refractivity contribution in [3.05, 3.63) is 0 Å². The zero-order chi connectivity index (χ0) is 16.4. The van der Waals surface area contributed by atoms with Gasteiger partial charge in [0.15, 0.2) is 0 Å². The van der Waals surface area contributed by atoms with Crippen LogP contribution in [0.4, 0.5) is 4.79 Å². The van der Waals surface area contributed by atoms with E-state index in [1.165, 1.54) is 12.2 Å². The summed E-state index contributed by atoms with van der Waals surface area (Å²) < 4.78 is 5.40. The first-order valence-electron chi connectivity index (χ1n) is 7.36. The third-order valence-electron chi connectivity index (χ3n) is 3.77. The molecule has 1 aliphatic rings. The van der Waals surface area contributed by atoms with E-state index >= 15 is 0 Å². The standard InChI is InChI=1S/C15H28N2O4/c1-10(2)11-8-17(14(19)21-15(3,4)5)9-12(11)13(18)16(6)20-7/h10-12H,8-9H2,1-7H3. The van der Waals surface area contributed by atoms with Crippen LogP contribution in [0, 0.1) is 17.8 Å². The number of hydrogen-bond acceptors (Lipinski definition) is 4. The normalized spacial score (nSPS) is 22.6. The second kappa shape index (κ2) is 6.64. The molecule has 0 N–H and O–H groups in total. The maximum absolute atomic E-state index is 12.4. The van der Waals surface area contributed by atoms with Crippen molar-refractivity contribution in [3.8, 4) is 0 Å². The van der Waals surface area contributed by atoms with Gasteiger partial charge in [-0.05, 0) is 32.6 Å². The highest BCUT2D eigenvalue weighted by atomic mass is 16.7. The Morgan fingerprint density at radius 3 is 2.24 bits per heavy atom. The lowest BCUT2D eigenvalue weighted by Crippen LogP contribution is -2.38. The van der Waals surface area contributed by atoms with Gasteiger partial charge in [0.1, 0.15) is 5.60 Å². The van der Waals surface area contributed by atoms with E-state index in [1.807, 2.05) is 20.8 Å². The topological polar surface area (TPSA) is 59.1 Å². The van der Waals surface area contributed by atoms with Crippen LogP contribution in [0.1, 0.15) is 34.6 Å². The molecule has 1 heterocycles. The Bertz CT molecular complexity index is 390. The number of hydroxylamine groups is 2. The SMILES string of the molecule is CON(C)C(=O)C1CN(C(=O)OC(C)(C)C)CC1C(C)C. The van der Waals surface area contributed by atoms with Crippen molar-refractivity contribution in [2.24, 2.45) is 17.8 Å². The van der Waals surface area contributed by atoms with Gasteiger partial charge in [0.25, 0.3) is 5.91 Å². The third-order valence-corrected chi connectivity index (χ3v) is 3.77. The lowest BCUT2D eigenvalue weighted by molar-refractivity contribution is -0.174. The van der Waals surface area contributed by atoms with Gasteiger partial charge in [-0.1, -0.05) is 13.8 Å². The average Bonchev–Trinajstić information content (AvgIpc) is 2.80. The van der Waals surface area contributed by atoms with Gasteiger partial charge < -0.3 is 9.64 Å². The van der Waals surface area contributed by atoms with E-state index in [0.717, 1.165) is 0 Å². The summed E-state index contributed by atoms with van der Waals surface area (Å²) >= 11 is 0. The number of likely N-dealkylation sites (tertiary alicyclic amines) is 1. The van der Waals surface area contributed by atoms with Gasteiger partial charge in [-0.25, -0.2) is 9.86 Å². The molecule has 0 spiro atoms. The van der Waals surface area contributed by atoms with Crippen LogP contribution in [0.15, 0.2) is 0 Å². The fourth-order valence-electron chi connectivity index (χ4n) is 2.56. The first kappa shape index (κ1) is 17.8. The van der Waals surface area contributed by atoms with E-state index < -0.39 is 5.60 Å². The van der Waals surface area contributed by atoms with Crippen LogP contribution >= 0.6 is 0 Å². The first-order chi connectivity index (χ1) is 9.56. The molecule has 1 aliphatic heterocycles. The van der Waals surface area contributed by atoms with Crippen LogP contribution in [0.5, 0.6) is 0 Å². The molecule has 122 valence electrons. The molecule has 1 rings (SSSR count). The molecule has 2 unspecified atom stereocenters. The first-order valence-corrected chi connectivity index (χ1v) is 7.36. The summed E-state index contributed by atoms with van der Waals surface area (Å²) in [5.74, 6) is 0.0731. The highest BCUT2D eigenvalue weighted by molar-refractivity contribution is 5.80. The Labute approximate surface area is 127 Å². The highest BCUT2D eigenvalue weighted by Crippen LogP contribution is 2.31. The summed E-state index contributed by atoms with van der Waals surface area (Å²) in [7, 11) is 3.05. The van der Waals surface area contributed by atoms with Crippen LogP contribution in [-0.2, 0) is 14.4 Å². The summed E-state index contributed by atoms with van der Waals surface area (Å²) in [5.41, 5.74) is -0.532. The molecule has 6 heteroatoms. The van der Waals surface area contributed by atoms with Gasteiger partial charge in [-0.15, -0.1) is 0 Å². The second-order valence-corrected chi connectivity index (χ2v) is 6.92. The Hall–Kier alpha value is -1.30. The van der Waals surface area contributed by atoms with E-state index in [9.17, 15) is 9.59 Å². The molecule has 0 aromatic rings. The average molecular weight is 300 g/mol. The van der Waals surface area contributed by atoms with Crippen LogP contribution in [0.2, 0.25) is 0 Å². The Balaban J connectivity index is 2.82. The molecule has 0 aromatic heterocycles. The van der Waals surface area contributed by atoms with Crippen molar-refractivity contribution >= 4 is 12.0 Å². The van der Waals surface area contributed by atoms with Crippen molar-refractivity contribution in [1.29, 1.82) is 0 Å². The molecule has 1 saturated heterocycles. The maximum Gasteiger partial charge on any atom is 0.410 e. The second-order valence-electron chi connectivity index (χ2n) is 6.92. The summed E-state index contributed by atoms with van der Waals surface area (Å²) in [4.78, 5) is 31.2. The van der Waals surface area contributed by atoms with Gasteiger partial charge in [0.05, 0.1) is 13.0 Å². The maximum atomic E-state index is 12.4. The van der Waals surface area contributed by atoms with Crippen molar-refractivity contribution in [2.45, 2.75) is 40.2 Å². The minimum atomic E-state index is -0.532. The van der Waals surface area contributed by atoms with Crippen molar-refractivity contribution in [1.82, 2.24) is 9.96 Å². The van der Waals surface area contributed by atoms with Gasteiger partial charge in [0, 0.05) is 20.1 Å². The third kappa shape index (κ3) is 4.59. The molecule has 1 fully saturated rings. The predicted molar refractivity (Wildman–Crippen MR) is 79.4 cm³/mol. The minimum absolute atomic E-state index is 0.0951. The monoisotopic (exact) mass is 300 g/mol. The largest absolute Gasteiger partial charge is 0.444 e. The van der Waals surface area contributed by atoms with E-state index in [-0.39, 0.29) is 23.8 Å². The fourth-order valence-corrected chi connectivity index (χ4v) is 2.56. The molecule has 0 aromatic carbocycles. The molecular formula is C15H28N2O4. The number of rotatable bonds is 3. The molecular weight excluding hydrogens is 272 g/mol. The Kier molecular flexibility index (Phi) is 5.61. The van der Waals surface area contributed by atoms with E-state index in [2.05, 4.69) is 13.8 Å². The number of nitrogens with zero attached hydrogens (tertiary/aromatic N) is 2. The molecule has 6 nitrogen and oxygen atoms in total. The van der Waals surface area contributed by atoms with Crippen LogP contribution in [-0.4, -0.2) is 54.8 Å². The molecule has 0 aliphatic carbocycles. The number of ether oxygens (including phenoxy) is 1. The van der Waals surface area contributed by atoms with Crippen molar-refractivity contribution in [3.63, 3.8) is 0 Å². The summed E-state index contributed by atoms with van der Waals surface area (Å²) in [6.07, 6.45) is -0.358. The summed E-state index contributed by atoms with van der Waals surface area (Å²) in [5, 5.41) is 1.23. The van der Waals surface area contributed by atoms with Crippen molar-refractivity contribution in [2.75, 3.05) is 27.2 Å². The number of amides is 2. The Morgan fingerprint density at radius 2 is 1.81 bits per heavy atom. The van der Waals surface area contributed by atoms with E-state index in [4.69, 9.17) is 9.57 Å². The van der Waals surface area contributed by atoms with Gasteiger partial charge >= 0.3 is 6.09 Å². The number of hydrogen-bond donors (Lipinski definition) is 0. The lowest BCUT2D eigenvalue weighted by Gasteiger charge is -2.24. The van der Waals surface area contributed by atoms with Crippen LogP contribution in [0.25, 0.3) is 0 Å². The molecule has 0 radical (unpaired) electrons. The molecule has 2 atom stereocenters. The molecule has 21 heavy (non-hydrogen) atoms. The van der Waals surface area contributed by atoms with E-state index in [1.54, 1.807) is 11.9 Å². The number of carbonyl (C=O) groups excluding carboxylic acids is 2.